The first-order chi connectivity index (χ1) is 45.8. The fourth-order valence-corrected chi connectivity index (χ4v) is 19.7. The number of aromatic amines is 1. The van der Waals surface area contributed by atoms with Gasteiger partial charge in [0.1, 0.15) is 16.8 Å². The number of hydrogen-bond donors (Lipinski definition) is 7. The molecule has 2 saturated heterocycles. The second-order valence-corrected chi connectivity index (χ2v) is 36.7. The number of rotatable bonds is 16. The molecule has 0 radical (unpaired) electrons. The van der Waals surface area contributed by atoms with Gasteiger partial charge in [0.15, 0.2) is 12.6 Å². The number of hydrogen-bond acceptors (Lipinski definition) is 26. The Balaban J connectivity index is 0.000000184. The summed E-state index contributed by atoms with van der Waals surface area (Å²) in [6.07, 6.45) is 8.64. The summed E-state index contributed by atoms with van der Waals surface area (Å²) >= 11 is 14.8. The average molecular weight is 1570 g/mol. The van der Waals surface area contributed by atoms with E-state index in [4.69, 9.17) is 49.9 Å². The van der Waals surface area contributed by atoms with E-state index in [-0.39, 0.29) is 126 Å². The van der Waals surface area contributed by atoms with E-state index in [2.05, 4.69) is 112 Å². The summed E-state index contributed by atoms with van der Waals surface area (Å²) in [6.45, 7) is 26.4. The number of nitrogen functional groups attached to an aromatic ring is 3. The van der Waals surface area contributed by atoms with Gasteiger partial charge >= 0.3 is 98.0 Å². The molecule has 3 aromatic carbocycles. The molecule has 22 nitrogen and oxygen atoms in total. The molecule has 100 heavy (non-hydrogen) atoms. The first-order valence-corrected chi connectivity index (χ1v) is 39.1. The second-order valence-electron chi connectivity index (χ2n) is 30.0. The number of esters is 2. The summed E-state index contributed by atoms with van der Waals surface area (Å²) in [5.41, 5.74) is 24.2. The predicted octanol–water partition coefficient (Wildman–Crippen LogP) is 7.82. The molecule has 8 atom stereocenters. The fourth-order valence-electron chi connectivity index (χ4n) is 15.3. The number of aromatic carboxylic acids is 1. The Morgan fingerprint density at radius 2 is 1.10 bits per heavy atom. The van der Waals surface area contributed by atoms with Crippen LogP contribution in [0.4, 0.5) is 15.4 Å². The third kappa shape index (κ3) is 18.8. The molecule has 0 spiro atoms. The van der Waals surface area contributed by atoms with Gasteiger partial charge in [0.25, 0.3) is 0 Å². The molecule has 10 N–H and O–H groups in total. The molecular weight excluding hydrogens is 1480 g/mol. The number of carbonyl (C=O) groups excluding carboxylic acids is 2. The number of ether oxygens (including phenoxy) is 2. The molecule has 530 valence electrons. The molecule has 6 unspecified atom stereocenters. The largest absolute Gasteiger partial charge is 1.00 e. The molecule has 34 heteroatoms. The van der Waals surface area contributed by atoms with Crippen LogP contribution in [-0.2, 0) is 64.2 Å². The van der Waals surface area contributed by atoms with Gasteiger partial charge in [0, 0.05) is 16.8 Å². The van der Waals surface area contributed by atoms with Crippen LogP contribution in [0.2, 0.25) is 19.0 Å². The van der Waals surface area contributed by atoms with Crippen molar-refractivity contribution < 1.29 is 121 Å². The summed E-state index contributed by atoms with van der Waals surface area (Å²) in [7, 11) is -0.391. The SMILES string of the molecule is Cc1c(CCB2OC3CC4CC(C4(C)C)[C@]3(C)O2)ccc(CBr)c1C(=O)OC(C)(C)C.Cc1c(CCB2OC3CC4CC(C4(C)C)[C@]3(C)O2)ccc(CSc2nnc(N)s2)c1C(=O)OC(C)(C)C.Nc1n[nH]c(=S)s1.Nc1nnc(SCc2ccc3c(c2C(=O)O)O[B-](O)(O)CC3)s1.[Na+].[Na+]. The summed E-state index contributed by atoms with van der Waals surface area (Å²) in [6, 6.07) is 11.8. The molecule has 4 bridgehead atoms. The van der Waals surface area contributed by atoms with Crippen molar-refractivity contribution in [2.24, 2.45) is 34.5 Å². The first kappa shape index (κ1) is 83.0. The number of fused-ring (bicyclic) bond motifs is 1. The first-order valence-electron chi connectivity index (χ1n) is 33.1. The third-order valence-corrected chi connectivity index (χ3v) is 26.0. The minimum Gasteiger partial charge on any atom is -0.669 e. The number of H-pyrrole nitrogens is 1. The van der Waals surface area contributed by atoms with E-state index in [1.807, 2.05) is 67.5 Å². The van der Waals surface area contributed by atoms with E-state index < -0.39 is 23.9 Å². The molecule has 9 aliphatic rings. The minimum atomic E-state index is -3.02. The maximum atomic E-state index is 13.3. The number of alkyl halides is 1. The number of carbonyl (C=O) groups is 3. The van der Waals surface area contributed by atoms with Crippen LogP contribution in [0, 0.1) is 52.3 Å². The van der Waals surface area contributed by atoms with Crippen LogP contribution >= 0.6 is 85.7 Å². The zero-order valence-electron chi connectivity index (χ0n) is 60.1. The van der Waals surface area contributed by atoms with Crippen molar-refractivity contribution in [1.82, 2.24) is 30.6 Å². The van der Waals surface area contributed by atoms with Crippen LogP contribution in [0.3, 0.4) is 0 Å². The molecule has 0 amide bonds. The molecule has 6 aliphatic carbocycles. The van der Waals surface area contributed by atoms with Gasteiger partial charge in [-0.15, -0.1) is 25.5 Å². The number of carboxylic acid groups (broad SMARTS) is 1. The maximum absolute atomic E-state index is 13.3. The van der Waals surface area contributed by atoms with Crippen LogP contribution in [-0.4, -0.2) is 119 Å². The van der Waals surface area contributed by atoms with Crippen LogP contribution in [0.25, 0.3) is 0 Å². The number of thioether (sulfide) groups is 2. The van der Waals surface area contributed by atoms with Crippen molar-refractivity contribution in [2.75, 3.05) is 17.2 Å². The van der Waals surface area contributed by atoms with Crippen molar-refractivity contribution in [3.63, 3.8) is 0 Å². The van der Waals surface area contributed by atoms with Gasteiger partial charge in [-0.05, 0) is 218 Å². The van der Waals surface area contributed by atoms with Crippen molar-refractivity contribution >= 4 is 140 Å². The Morgan fingerprint density at radius 3 is 1.48 bits per heavy atom. The summed E-state index contributed by atoms with van der Waals surface area (Å²) in [5.74, 6) is 1.82. The number of anilines is 3. The van der Waals surface area contributed by atoms with E-state index in [1.54, 1.807) is 12.1 Å². The molecule has 6 saturated carbocycles. The number of aromatic nitrogens is 6. The molecule has 6 aromatic rings. The smallest absolute Gasteiger partial charge is 0.669 e. The van der Waals surface area contributed by atoms with Crippen molar-refractivity contribution in [3.05, 3.63) is 102 Å². The van der Waals surface area contributed by atoms with Crippen molar-refractivity contribution in [1.29, 1.82) is 0 Å². The third-order valence-electron chi connectivity index (χ3n) is 20.6. The quantitative estimate of drug-likeness (QED) is 0.0160. The molecule has 3 aliphatic heterocycles. The Labute approximate surface area is 665 Å². The van der Waals surface area contributed by atoms with Gasteiger partial charge in [-0.25, -0.2) is 14.4 Å². The van der Waals surface area contributed by atoms with Gasteiger partial charge in [0.05, 0.1) is 40.3 Å². The van der Waals surface area contributed by atoms with Gasteiger partial charge in [0.2, 0.25) is 15.4 Å². The fraction of sp³-hybridized carbons (Fsp3) is 0.591. The number of aryl methyl sites for hydroxylation is 3. The van der Waals surface area contributed by atoms with Crippen LogP contribution in [0.15, 0.2) is 45.1 Å². The minimum absolute atomic E-state index is 0. The van der Waals surface area contributed by atoms with Crippen LogP contribution in [0.1, 0.15) is 184 Å². The topological polar surface area (TPSA) is 335 Å². The maximum Gasteiger partial charge on any atom is 1.00 e. The van der Waals surface area contributed by atoms with Crippen LogP contribution in [0.5, 0.6) is 5.75 Å². The predicted molar refractivity (Wildman–Crippen MR) is 395 cm³/mol. The molecule has 8 fully saturated rings. The average Bonchev–Trinajstić information content (AvgIpc) is 1.38. The van der Waals surface area contributed by atoms with E-state index in [1.165, 1.54) is 70.4 Å². The van der Waals surface area contributed by atoms with E-state index in [0.29, 0.717) is 91.9 Å². The Bertz CT molecular complexity index is 4010. The molecule has 15 rings (SSSR count). The van der Waals surface area contributed by atoms with Gasteiger partial charge < -0.3 is 65.1 Å². The van der Waals surface area contributed by atoms with E-state index in [9.17, 15) is 29.5 Å². The summed E-state index contributed by atoms with van der Waals surface area (Å²) in [4.78, 5) is 37.8. The van der Waals surface area contributed by atoms with E-state index in [0.717, 1.165) is 87.9 Å². The zero-order valence-corrected chi connectivity index (χ0v) is 70.6. The standard InChI is InChI=1S/C27H38BN3O4S2.C25H36BBrO4.C12H13BN3O5S2.C2H3N3S2.2Na/c1-15-16(10-11-28-34-20-13-18-12-19(26(18,5)6)27(20,7)35-28)8-9-17(14-36-24-31-30-23(29)37-24)21(15)22(32)33-25(2,3)4;1-15-16(8-9-17(14-27)21(15)22(28)29-23(2,3)4)10-11-26-30-20-13-18-12-19(24(18,5)6)25(20,7)31-26;14-11-15-16-12(23-11)22-5-7-2-1-6-3-4-13(19,20)21-9(6)8(7)10(17)18;3-1-4-5-2(6)7-1;;/h8-9,18-20H,10-14H2,1-7H3,(H2,29,30);8-9,18-20H,10-14H2,1-7H3;1-2,19-20H,3-5H2,(H2,14,15)(H,17,18);(H2,3,4)(H,5,6);;/q;;-1;;2*+1/t18?,19?,20?,27-;18?,19?,20?,25-;;;;/m00..../s1. The normalized spacial score (nSPS) is 24.3. The number of halogens is 1. The second kappa shape index (κ2) is 32.8. The summed E-state index contributed by atoms with van der Waals surface area (Å²) in [5, 5.41) is 52.4. The molecule has 3 aromatic heterocycles. The Morgan fingerprint density at radius 1 is 0.670 bits per heavy atom. The van der Waals surface area contributed by atoms with E-state index >= 15 is 0 Å². The number of carboxylic acids is 1. The Kier molecular flexibility index (Phi) is 27.2. The van der Waals surface area contributed by atoms with Gasteiger partial charge in [-0.2, -0.15) is 0 Å². The van der Waals surface area contributed by atoms with Gasteiger partial charge in [-0.1, -0.05) is 144 Å². The van der Waals surface area contributed by atoms with Gasteiger partial charge in [-0.3, -0.25) is 5.10 Å². The van der Waals surface area contributed by atoms with Crippen LogP contribution < -0.4 is 81.0 Å². The monoisotopic (exact) mass is 1570 g/mol. The van der Waals surface area contributed by atoms with Crippen molar-refractivity contribution in [2.45, 2.75) is 221 Å². The number of benzene rings is 3. The van der Waals surface area contributed by atoms with Crippen molar-refractivity contribution in [3.8, 4) is 5.75 Å². The molecular formula is C66H90B3BrN9Na2O13S6+. The molecule has 6 heterocycles. The number of nitrogens with one attached hydrogen (secondary N) is 1. The number of nitrogens with two attached hydrogens (primary N) is 3. The Hall–Kier alpha value is -2.70. The number of nitrogens with zero attached hydrogens (tertiary/aromatic N) is 5. The summed E-state index contributed by atoms with van der Waals surface area (Å²) < 4.78 is 44.7. The zero-order chi connectivity index (χ0) is 71.4.